The quantitative estimate of drug-likeness (QED) is 0.793. The molecule has 0 aliphatic rings. The first-order chi connectivity index (χ1) is 5.65. The van der Waals surface area contributed by atoms with Gasteiger partial charge in [0.1, 0.15) is 5.75 Å². The number of benzene rings is 1. The van der Waals surface area contributed by atoms with Gasteiger partial charge in [-0.1, -0.05) is 11.6 Å². The zero-order valence-electron chi connectivity index (χ0n) is 7.04. The molecule has 1 N–H and O–H groups in total. The van der Waals surface area contributed by atoms with Gasteiger partial charge >= 0.3 is 0 Å². The number of hydrogen-bond donors (Lipinski definition) is 1. The fourth-order valence-corrected chi connectivity index (χ4v) is 1.60. The van der Waals surface area contributed by atoms with Crippen molar-refractivity contribution in [2.24, 2.45) is 0 Å². The maximum Gasteiger partial charge on any atom is 0.119 e. The second-order valence-corrected chi connectivity index (χ2v) is 4.20. The molecule has 0 saturated heterocycles. The lowest BCUT2D eigenvalue weighted by molar-refractivity contribution is 0.468. The minimum Gasteiger partial charge on any atom is -0.508 e. The van der Waals surface area contributed by atoms with Crippen molar-refractivity contribution < 1.29 is 5.11 Å². The molecular formula is C9H11ClOS. The van der Waals surface area contributed by atoms with Crippen LogP contribution in [0, 0.1) is 0 Å². The van der Waals surface area contributed by atoms with E-state index in [9.17, 15) is 5.11 Å². The van der Waals surface area contributed by atoms with E-state index in [2.05, 4.69) is 0 Å². The van der Waals surface area contributed by atoms with Crippen molar-refractivity contribution in [2.75, 3.05) is 6.26 Å². The lowest BCUT2D eigenvalue weighted by Gasteiger charge is -2.10. The smallest absolute Gasteiger partial charge is 0.119 e. The van der Waals surface area contributed by atoms with Gasteiger partial charge in [0, 0.05) is 15.8 Å². The van der Waals surface area contributed by atoms with Crippen molar-refractivity contribution in [3.63, 3.8) is 0 Å². The number of phenols is 1. The van der Waals surface area contributed by atoms with E-state index in [-0.39, 0.29) is 5.25 Å². The molecule has 0 aliphatic carbocycles. The molecule has 1 aromatic rings. The summed E-state index contributed by atoms with van der Waals surface area (Å²) in [5, 5.41) is 10.4. The van der Waals surface area contributed by atoms with Crippen LogP contribution < -0.4 is 0 Å². The van der Waals surface area contributed by atoms with Gasteiger partial charge < -0.3 is 5.11 Å². The Morgan fingerprint density at radius 1 is 1.50 bits per heavy atom. The van der Waals surface area contributed by atoms with Gasteiger partial charge in [-0.05, 0) is 31.4 Å². The first-order valence-corrected chi connectivity index (χ1v) is 5.33. The normalized spacial score (nSPS) is 12.9. The van der Waals surface area contributed by atoms with Crippen molar-refractivity contribution in [1.29, 1.82) is 0 Å². The zero-order valence-corrected chi connectivity index (χ0v) is 8.62. The number of hydrogen-bond acceptors (Lipinski definition) is 2. The third-order valence-electron chi connectivity index (χ3n) is 1.78. The van der Waals surface area contributed by atoms with Crippen molar-refractivity contribution in [1.82, 2.24) is 0 Å². The lowest BCUT2D eigenvalue weighted by Crippen LogP contribution is -1.87. The Labute approximate surface area is 81.7 Å². The molecule has 66 valence electrons. The summed E-state index contributed by atoms with van der Waals surface area (Å²) in [4.78, 5) is 0. The number of phenolic OH excluding ortho intramolecular Hbond substituents is 1. The highest BCUT2D eigenvalue weighted by Gasteiger charge is 2.08. The van der Waals surface area contributed by atoms with E-state index in [1.807, 2.05) is 13.2 Å². The number of thioether (sulfide) groups is 1. The van der Waals surface area contributed by atoms with Gasteiger partial charge in [0.25, 0.3) is 0 Å². The van der Waals surface area contributed by atoms with Gasteiger partial charge in [-0.3, -0.25) is 0 Å². The summed E-state index contributed by atoms with van der Waals surface area (Å²) in [5.74, 6) is 0.321. The van der Waals surface area contributed by atoms with Crippen molar-refractivity contribution in [3.8, 4) is 5.75 Å². The molecule has 0 bridgehead atoms. The molecule has 0 radical (unpaired) electrons. The molecular weight excluding hydrogens is 192 g/mol. The van der Waals surface area contributed by atoms with Crippen LogP contribution >= 0.6 is 23.4 Å². The Morgan fingerprint density at radius 3 is 2.75 bits per heavy atom. The zero-order chi connectivity index (χ0) is 9.14. The van der Waals surface area contributed by atoms with Crippen LogP contribution in [0.4, 0.5) is 0 Å². The largest absolute Gasteiger partial charge is 0.508 e. The van der Waals surface area contributed by atoms with Crippen molar-refractivity contribution in [2.45, 2.75) is 12.2 Å². The highest BCUT2D eigenvalue weighted by Crippen LogP contribution is 2.33. The molecule has 0 aliphatic heterocycles. The number of halogens is 1. The third kappa shape index (κ3) is 2.08. The molecule has 0 aromatic heterocycles. The van der Waals surface area contributed by atoms with Gasteiger partial charge in [0.15, 0.2) is 0 Å². The summed E-state index contributed by atoms with van der Waals surface area (Å²) in [5.41, 5.74) is 0.898. The average Bonchev–Trinajstić information content (AvgIpc) is 2.08. The molecule has 3 heteroatoms. The highest BCUT2D eigenvalue weighted by atomic mass is 35.5. The fraction of sp³-hybridized carbons (Fsp3) is 0.333. The lowest BCUT2D eigenvalue weighted by atomic mass is 10.1. The van der Waals surface area contributed by atoms with Gasteiger partial charge in [-0.2, -0.15) is 11.8 Å². The molecule has 1 aromatic carbocycles. The molecule has 0 heterocycles. The van der Waals surface area contributed by atoms with Gasteiger partial charge in [0.05, 0.1) is 0 Å². The van der Waals surface area contributed by atoms with Crippen LogP contribution in [-0.4, -0.2) is 11.4 Å². The molecule has 1 unspecified atom stereocenters. The predicted molar refractivity (Wildman–Crippen MR) is 55.0 cm³/mol. The summed E-state index contributed by atoms with van der Waals surface area (Å²) in [6, 6.07) is 5.12. The highest BCUT2D eigenvalue weighted by molar-refractivity contribution is 7.98. The number of aromatic hydroxyl groups is 1. The van der Waals surface area contributed by atoms with Crippen molar-refractivity contribution in [3.05, 3.63) is 28.8 Å². The summed E-state index contributed by atoms with van der Waals surface area (Å²) >= 11 is 7.48. The Bertz CT molecular complexity index is 275. The second kappa shape index (κ2) is 4.06. The van der Waals surface area contributed by atoms with Crippen LogP contribution in [0.1, 0.15) is 17.7 Å². The first kappa shape index (κ1) is 9.75. The molecule has 1 atom stereocenters. The predicted octanol–water partition coefficient (Wildman–Crippen LogP) is 3.47. The Hall–Kier alpha value is -0.340. The Balaban J connectivity index is 3.04. The van der Waals surface area contributed by atoms with E-state index >= 15 is 0 Å². The molecule has 0 fully saturated rings. The van der Waals surface area contributed by atoms with Crippen LogP contribution in [0.5, 0.6) is 5.75 Å². The maximum absolute atomic E-state index is 9.46. The van der Waals surface area contributed by atoms with Crippen molar-refractivity contribution >= 4 is 23.4 Å². The number of rotatable bonds is 2. The first-order valence-electron chi connectivity index (χ1n) is 3.66. The van der Waals surface area contributed by atoms with E-state index in [4.69, 9.17) is 11.6 Å². The summed E-state index contributed by atoms with van der Waals surface area (Å²) in [7, 11) is 0. The molecule has 0 saturated carbocycles. The molecule has 1 nitrogen and oxygen atoms in total. The topological polar surface area (TPSA) is 20.2 Å². The van der Waals surface area contributed by atoms with E-state index < -0.39 is 0 Å². The van der Waals surface area contributed by atoms with E-state index in [0.717, 1.165) is 5.56 Å². The van der Waals surface area contributed by atoms with Crippen LogP contribution in [0.15, 0.2) is 18.2 Å². The van der Waals surface area contributed by atoms with Crippen LogP contribution in [-0.2, 0) is 0 Å². The molecule has 0 spiro atoms. The fourth-order valence-electron chi connectivity index (χ4n) is 0.978. The summed E-state index contributed by atoms with van der Waals surface area (Å²) < 4.78 is 0. The minimum absolute atomic E-state index is 0.281. The average molecular weight is 203 g/mol. The molecule has 0 amide bonds. The van der Waals surface area contributed by atoms with Gasteiger partial charge in [-0.25, -0.2) is 0 Å². The van der Waals surface area contributed by atoms with Crippen LogP contribution in [0.2, 0.25) is 5.02 Å². The Morgan fingerprint density at radius 2 is 2.17 bits per heavy atom. The molecule has 1 rings (SSSR count). The third-order valence-corrected chi connectivity index (χ3v) is 2.98. The second-order valence-electron chi connectivity index (χ2n) is 2.58. The Kier molecular flexibility index (Phi) is 3.29. The van der Waals surface area contributed by atoms with Gasteiger partial charge in [-0.15, -0.1) is 0 Å². The minimum atomic E-state index is 0.281. The van der Waals surface area contributed by atoms with E-state index in [1.165, 1.54) is 0 Å². The maximum atomic E-state index is 9.46. The van der Waals surface area contributed by atoms with Crippen LogP contribution in [0.3, 0.4) is 0 Å². The summed E-state index contributed by atoms with van der Waals surface area (Å²) in [6.45, 7) is 2.04. The van der Waals surface area contributed by atoms with Crippen LogP contribution in [0.25, 0.3) is 0 Å². The SMILES string of the molecule is CSC(C)c1cc(Cl)ccc1O. The monoisotopic (exact) mass is 202 g/mol. The van der Waals surface area contributed by atoms with E-state index in [1.54, 1.807) is 30.0 Å². The standard InChI is InChI=1S/C9H11ClOS/c1-6(12-2)8-5-7(10)3-4-9(8)11/h3-6,11H,1-2H3. The summed E-state index contributed by atoms with van der Waals surface area (Å²) in [6.07, 6.45) is 2.00. The van der Waals surface area contributed by atoms with E-state index in [0.29, 0.717) is 10.8 Å². The molecule has 12 heavy (non-hydrogen) atoms. The van der Waals surface area contributed by atoms with Gasteiger partial charge in [0.2, 0.25) is 0 Å².